The summed E-state index contributed by atoms with van der Waals surface area (Å²) in [6.07, 6.45) is 2.83. The molecule has 24 heavy (non-hydrogen) atoms. The normalized spacial score (nSPS) is 15.5. The number of nitrogens with two attached hydrogens (primary N) is 1. The van der Waals surface area contributed by atoms with E-state index in [1.807, 2.05) is 6.07 Å². The van der Waals surface area contributed by atoms with Crippen molar-refractivity contribution in [3.63, 3.8) is 0 Å². The van der Waals surface area contributed by atoms with Crippen LogP contribution in [0.4, 0.5) is 0 Å². The van der Waals surface area contributed by atoms with Crippen molar-refractivity contribution in [2.75, 3.05) is 0 Å². The lowest BCUT2D eigenvalue weighted by Crippen LogP contribution is -2.44. The molecule has 2 aromatic heterocycles. The lowest BCUT2D eigenvalue weighted by Gasteiger charge is -2.34. The second-order valence-electron chi connectivity index (χ2n) is 5.76. The number of hydrogen-bond donors (Lipinski definition) is 1. The Morgan fingerprint density at radius 2 is 2.04 bits per heavy atom. The summed E-state index contributed by atoms with van der Waals surface area (Å²) in [5, 5.41) is 4.76. The quantitative estimate of drug-likeness (QED) is 0.721. The maximum Gasteiger partial charge on any atom is 0.336 e. The van der Waals surface area contributed by atoms with Gasteiger partial charge in [0.15, 0.2) is 12.4 Å². The third-order valence-electron chi connectivity index (χ3n) is 4.12. The molecule has 126 valence electrons. The van der Waals surface area contributed by atoms with Gasteiger partial charge in [-0.05, 0) is 37.5 Å². The Balaban J connectivity index is 0.00000169. The second-order valence-corrected chi connectivity index (χ2v) is 5.76. The summed E-state index contributed by atoms with van der Waals surface area (Å²) < 4.78 is 15.9. The average Bonchev–Trinajstić information content (AvgIpc) is 2.99. The molecule has 3 aromatic rings. The number of halogens is 1. The van der Waals surface area contributed by atoms with Crippen LogP contribution in [0.3, 0.4) is 0 Å². The van der Waals surface area contributed by atoms with Crippen LogP contribution in [0.15, 0.2) is 44.1 Å². The van der Waals surface area contributed by atoms with Crippen LogP contribution in [-0.2, 0) is 12.1 Å². The fourth-order valence-corrected chi connectivity index (χ4v) is 2.57. The standard InChI is InChI=1S/C16H15N3O4.ClH/c17-16(6-1-7-16)15-18-13(23-19-15)9-21-11-4-2-10-3-5-14(20)22-12(10)8-11;/h2-5,8H,1,6-7,9,17H2;1H. The second kappa shape index (κ2) is 6.26. The number of nitrogens with zero attached hydrogens (tertiary/aromatic N) is 2. The first-order valence-electron chi connectivity index (χ1n) is 7.41. The zero-order valence-electron chi connectivity index (χ0n) is 12.7. The molecule has 1 saturated carbocycles. The molecule has 0 unspecified atom stereocenters. The zero-order chi connectivity index (χ0) is 15.9. The monoisotopic (exact) mass is 349 g/mol. The van der Waals surface area contributed by atoms with Crippen LogP contribution in [0.1, 0.15) is 31.0 Å². The molecule has 1 aromatic carbocycles. The molecular formula is C16H16ClN3O4. The van der Waals surface area contributed by atoms with E-state index in [1.54, 1.807) is 18.2 Å². The molecule has 0 amide bonds. The summed E-state index contributed by atoms with van der Waals surface area (Å²) in [5.41, 5.74) is 5.77. The highest BCUT2D eigenvalue weighted by atomic mass is 35.5. The van der Waals surface area contributed by atoms with Gasteiger partial charge in [-0.3, -0.25) is 0 Å². The van der Waals surface area contributed by atoms with E-state index in [1.165, 1.54) is 6.07 Å². The van der Waals surface area contributed by atoms with Crippen molar-refractivity contribution in [2.45, 2.75) is 31.4 Å². The fourth-order valence-electron chi connectivity index (χ4n) is 2.57. The van der Waals surface area contributed by atoms with E-state index in [0.29, 0.717) is 23.0 Å². The SMILES string of the molecule is Cl.NC1(c2noc(COc3ccc4ccc(=O)oc4c3)n2)CCC1. The summed E-state index contributed by atoms with van der Waals surface area (Å²) in [6, 6.07) is 8.34. The van der Waals surface area contributed by atoms with Crippen LogP contribution in [0.5, 0.6) is 5.75 Å². The number of ether oxygens (including phenoxy) is 1. The molecule has 2 heterocycles. The van der Waals surface area contributed by atoms with Crippen LogP contribution in [0.2, 0.25) is 0 Å². The minimum atomic E-state index is -0.450. The maximum atomic E-state index is 11.3. The van der Waals surface area contributed by atoms with Crippen molar-refractivity contribution < 1.29 is 13.7 Å². The third kappa shape index (κ3) is 3.00. The predicted octanol–water partition coefficient (Wildman–Crippen LogP) is 2.51. The van der Waals surface area contributed by atoms with Gasteiger partial charge >= 0.3 is 5.63 Å². The molecule has 0 spiro atoms. The summed E-state index contributed by atoms with van der Waals surface area (Å²) in [6.45, 7) is 0.131. The van der Waals surface area contributed by atoms with Gasteiger partial charge in [-0.25, -0.2) is 4.79 Å². The maximum absolute atomic E-state index is 11.3. The number of hydrogen-bond acceptors (Lipinski definition) is 7. The minimum Gasteiger partial charge on any atom is -0.484 e. The van der Waals surface area contributed by atoms with Crippen molar-refractivity contribution >= 4 is 23.4 Å². The molecule has 0 radical (unpaired) electrons. The Hall–Kier alpha value is -2.38. The highest BCUT2D eigenvalue weighted by molar-refractivity contribution is 5.85. The zero-order valence-corrected chi connectivity index (χ0v) is 13.5. The molecule has 7 nitrogen and oxygen atoms in total. The van der Waals surface area contributed by atoms with Gasteiger partial charge < -0.3 is 19.4 Å². The van der Waals surface area contributed by atoms with E-state index in [2.05, 4.69) is 10.1 Å². The molecular weight excluding hydrogens is 334 g/mol. The van der Waals surface area contributed by atoms with Crippen molar-refractivity contribution in [2.24, 2.45) is 5.73 Å². The minimum absolute atomic E-state index is 0. The number of benzene rings is 1. The van der Waals surface area contributed by atoms with Crippen molar-refractivity contribution in [3.8, 4) is 5.75 Å². The van der Waals surface area contributed by atoms with Gasteiger partial charge in [0, 0.05) is 17.5 Å². The van der Waals surface area contributed by atoms with E-state index in [-0.39, 0.29) is 19.0 Å². The van der Waals surface area contributed by atoms with E-state index >= 15 is 0 Å². The Labute approximate surface area is 143 Å². The molecule has 8 heteroatoms. The topological polar surface area (TPSA) is 104 Å². The predicted molar refractivity (Wildman–Crippen MR) is 88.1 cm³/mol. The lowest BCUT2D eigenvalue weighted by atomic mass is 9.77. The molecule has 1 aliphatic carbocycles. The molecule has 2 N–H and O–H groups in total. The molecule has 0 bridgehead atoms. The van der Waals surface area contributed by atoms with Crippen LogP contribution >= 0.6 is 12.4 Å². The van der Waals surface area contributed by atoms with E-state index < -0.39 is 11.2 Å². The first-order chi connectivity index (χ1) is 11.1. The van der Waals surface area contributed by atoms with Gasteiger partial charge in [0.05, 0.1) is 5.54 Å². The Morgan fingerprint density at radius 3 is 2.79 bits per heavy atom. The first-order valence-corrected chi connectivity index (χ1v) is 7.41. The Bertz CT molecular complexity index is 917. The van der Waals surface area contributed by atoms with Gasteiger partial charge in [0.2, 0.25) is 0 Å². The first kappa shape index (κ1) is 16.5. The lowest BCUT2D eigenvalue weighted by molar-refractivity contribution is 0.223. The smallest absolute Gasteiger partial charge is 0.336 e. The van der Waals surface area contributed by atoms with Crippen molar-refractivity contribution in [1.82, 2.24) is 10.1 Å². The van der Waals surface area contributed by atoms with E-state index in [9.17, 15) is 4.79 Å². The molecule has 1 fully saturated rings. The molecule has 1 aliphatic rings. The molecule has 0 saturated heterocycles. The average molecular weight is 350 g/mol. The Morgan fingerprint density at radius 1 is 1.25 bits per heavy atom. The van der Waals surface area contributed by atoms with Gasteiger partial charge in [-0.15, -0.1) is 12.4 Å². The number of aromatic nitrogens is 2. The van der Waals surface area contributed by atoms with Gasteiger partial charge in [-0.2, -0.15) is 4.98 Å². The fraction of sp³-hybridized carbons (Fsp3) is 0.312. The van der Waals surface area contributed by atoms with E-state index in [4.69, 9.17) is 19.4 Å². The van der Waals surface area contributed by atoms with Crippen molar-refractivity contribution in [3.05, 3.63) is 52.5 Å². The van der Waals surface area contributed by atoms with Crippen LogP contribution < -0.4 is 16.1 Å². The summed E-state index contributed by atoms with van der Waals surface area (Å²) >= 11 is 0. The van der Waals surface area contributed by atoms with Crippen LogP contribution in [-0.4, -0.2) is 10.1 Å². The largest absolute Gasteiger partial charge is 0.484 e. The Kier molecular flexibility index (Phi) is 4.29. The molecule has 4 rings (SSSR count). The van der Waals surface area contributed by atoms with Gasteiger partial charge in [-0.1, -0.05) is 5.16 Å². The van der Waals surface area contributed by atoms with Crippen molar-refractivity contribution in [1.29, 1.82) is 0 Å². The van der Waals surface area contributed by atoms with E-state index in [0.717, 1.165) is 24.6 Å². The van der Waals surface area contributed by atoms with Crippen LogP contribution in [0.25, 0.3) is 11.0 Å². The van der Waals surface area contributed by atoms with Gasteiger partial charge in [0.1, 0.15) is 11.3 Å². The summed E-state index contributed by atoms with van der Waals surface area (Å²) in [7, 11) is 0. The summed E-state index contributed by atoms with van der Waals surface area (Å²) in [5.74, 6) is 1.45. The third-order valence-corrected chi connectivity index (χ3v) is 4.12. The molecule has 0 atom stereocenters. The number of fused-ring (bicyclic) bond motifs is 1. The van der Waals surface area contributed by atoms with Gasteiger partial charge in [0.25, 0.3) is 5.89 Å². The molecule has 0 aliphatic heterocycles. The summed E-state index contributed by atoms with van der Waals surface area (Å²) in [4.78, 5) is 15.5. The highest BCUT2D eigenvalue weighted by Crippen LogP contribution is 2.36. The number of rotatable bonds is 4. The van der Waals surface area contributed by atoms with Crippen LogP contribution in [0, 0.1) is 0 Å². The highest BCUT2D eigenvalue weighted by Gasteiger charge is 2.38.